The van der Waals surface area contributed by atoms with E-state index in [4.69, 9.17) is 5.73 Å². The molecule has 1 heterocycles. The number of benzene rings is 1. The summed E-state index contributed by atoms with van der Waals surface area (Å²) in [6.45, 7) is 4.33. The minimum absolute atomic E-state index is 0.0445. The standard InChI is InChI=1S/C16H19N3O/c1-11-4-3-5-13(8-11)12(2)19-16(20)14-6-7-18-15(9-14)10-17/h3-9,12H,10,17H2,1-2H3,(H,19,20)/t12-/m0/s1. The molecule has 1 amide bonds. The van der Waals surface area contributed by atoms with Crippen LogP contribution in [0.1, 0.15) is 40.1 Å². The quantitative estimate of drug-likeness (QED) is 0.895. The van der Waals surface area contributed by atoms with Gasteiger partial charge in [-0.1, -0.05) is 29.8 Å². The molecule has 0 aliphatic heterocycles. The minimum atomic E-state index is -0.115. The molecule has 0 spiro atoms. The first-order valence-corrected chi connectivity index (χ1v) is 6.62. The highest BCUT2D eigenvalue weighted by atomic mass is 16.1. The SMILES string of the molecule is Cc1cccc([C@H](C)NC(=O)c2ccnc(CN)c2)c1. The smallest absolute Gasteiger partial charge is 0.251 e. The van der Waals surface area contributed by atoms with Crippen LogP contribution < -0.4 is 11.1 Å². The Morgan fingerprint density at radius 3 is 2.85 bits per heavy atom. The van der Waals surface area contributed by atoms with Crippen LogP contribution in [-0.2, 0) is 6.54 Å². The van der Waals surface area contributed by atoms with E-state index in [0.717, 1.165) is 5.56 Å². The van der Waals surface area contributed by atoms with Gasteiger partial charge in [0, 0.05) is 18.3 Å². The normalized spacial score (nSPS) is 11.9. The van der Waals surface area contributed by atoms with Crippen LogP contribution in [0.3, 0.4) is 0 Å². The summed E-state index contributed by atoms with van der Waals surface area (Å²) in [5, 5.41) is 2.98. The topological polar surface area (TPSA) is 68.0 Å². The molecule has 0 saturated carbocycles. The maximum absolute atomic E-state index is 12.2. The molecule has 1 aromatic heterocycles. The Hall–Kier alpha value is -2.20. The lowest BCUT2D eigenvalue weighted by molar-refractivity contribution is 0.0939. The number of aromatic nitrogens is 1. The molecule has 0 radical (unpaired) electrons. The Morgan fingerprint density at radius 2 is 2.15 bits per heavy atom. The Morgan fingerprint density at radius 1 is 1.35 bits per heavy atom. The van der Waals surface area contributed by atoms with E-state index in [1.165, 1.54) is 5.56 Å². The third-order valence-corrected chi connectivity index (χ3v) is 3.18. The van der Waals surface area contributed by atoms with E-state index in [9.17, 15) is 4.79 Å². The zero-order valence-electron chi connectivity index (χ0n) is 11.8. The average Bonchev–Trinajstić information content (AvgIpc) is 2.47. The molecule has 0 aliphatic carbocycles. The van der Waals surface area contributed by atoms with Gasteiger partial charge in [0.15, 0.2) is 0 Å². The van der Waals surface area contributed by atoms with Crippen LogP contribution in [0.25, 0.3) is 0 Å². The third kappa shape index (κ3) is 3.42. The van der Waals surface area contributed by atoms with Crippen LogP contribution in [0.5, 0.6) is 0 Å². The molecule has 0 unspecified atom stereocenters. The van der Waals surface area contributed by atoms with Gasteiger partial charge in [-0.15, -0.1) is 0 Å². The van der Waals surface area contributed by atoms with Crippen molar-refractivity contribution in [1.29, 1.82) is 0 Å². The number of amides is 1. The number of nitrogens with zero attached hydrogens (tertiary/aromatic N) is 1. The summed E-state index contributed by atoms with van der Waals surface area (Å²) in [7, 11) is 0. The van der Waals surface area contributed by atoms with Gasteiger partial charge in [0.1, 0.15) is 0 Å². The number of hydrogen-bond donors (Lipinski definition) is 2. The van der Waals surface area contributed by atoms with Gasteiger partial charge < -0.3 is 11.1 Å². The number of nitrogens with two attached hydrogens (primary N) is 1. The number of carbonyl (C=O) groups is 1. The van der Waals surface area contributed by atoms with Gasteiger partial charge in [0.2, 0.25) is 0 Å². The van der Waals surface area contributed by atoms with Crippen molar-refractivity contribution in [2.75, 3.05) is 0 Å². The molecule has 0 saturated heterocycles. The third-order valence-electron chi connectivity index (χ3n) is 3.18. The molecule has 4 nitrogen and oxygen atoms in total. The Balaban J connectivity index is 2.10. The highest BCUT2D eigenvalue weighted by Gasteiger charge is 2.12. The van der Waals surface area contributed by atoms with Gasteiger partial charge in [0.05, 0.1) is 11.7 Å². The van der Waals surface area contributed by atoms with Gasteiger partial charge >= 0.3 is 0 Å². The number of rotatable bonds is 4. The second-order valence-electron chi connectivity index (χ2n) is 4.85. The van der Waals surface area contributed by atoms with E-state index in [1.54, 1.807) is 18.3 Å². The van der Waals surface area contributed by atoms with Crippen molar-refractivity contribution >= 4 is 5.91 Å². The Labute approximate surface area is 119 Å². The number of nitrogens with one attached hydrogen (secondary N) is 1. The molecule has 2 aromatic rings. The zero-order valence-corrected chi connectivity index (χ0v) is 11.8. The number of carbonyl (C=O) groups excluding carboxylic acids is 1. The van der Waals surface area contributed by atoms with E-state index in [0.29, 0.717) is 17.8 Å². The van der Waals surface area contributed by atoms with Crippen LogP contribution in [0.4, 0.5) is 0 Å². The Kier molecular flexibility index (Phi) is 4.48. The van der Waals surface area contributed by atoms with Gasteiger partial charge in [-0.2, -0.15) is 0 Å². The fraction of sp³-hybridized carbons (Fsp3) is 0.250. The zero-order chi connectivity index (χ0) is 14.5. The molecular weight excluding hydrogens is 250 g/mol. The van der Waals surface area contributed by atoms with E-state index in [1.807, 2.05) is 32.0 Å². The molecule has 2 rings (SSSR count). The molecule has 0 aliphatic rings. The maximum atomic E-state index is 12.2. The highest BCUT2D eigenvalue weighted by molar-refractivity contribution is 5.94. The summed E-state index contributed by atoms with van der Waals surface area (Å²) in [6, 6.07) is 11.5. The van der Waals surface area contributed by atoms with Crippen LogP contribution in [-0.4, -0.2) is 10.9 Å². The monoisotopic (exact) mass is 269 g/mol. The van der Waals surface area contributed by atoms with E-state index in [-0.39, 0.29) is 11.9 Å². The summed E-state index contributed by atoms with van der Waals surface area (Å²) >= 11 is 0. The maximum Gasteiger partial charge on any atom is 0.251 e. The van der Waals surface area contributed by atoms with Gasteiger partial charge in [-0.25, -0.2) is 0 Å². The summed E-state index contributed by atoms with van der Waals surface area (Å²) in [5.74, 6) is -0.115. The van der Waals surface area contributed by atoms with Crippen molar-refractivity contribution in [3.63, 3.8) is 0 Å². The first-order chi connectivity index (χ1) is 9.60. The number of pyridine rings is 1. The van der Waals surface area contributed by atoms with Crippen LogP contribution in [0.2, 0.25) is 0 Å². The molecule has 3 N–H and O–H groups in total. The molecular formula is C16H19N3O. The fourth-order valence-electron chi connectivity index (χ4n) is 2.03. The van der Waals surface area contributed by atoms with E-state index >= 15 is 0 Å². The first-order valence-electron chi connectivity index (χ1n) is 6.62. The lowest BCUT2D eigenvalue weighted by Crippen LogP contribution is -2.26. The number of aryl methyl sites for hydroxylation is 1. The van der Waals surface area contributed by atoms with Crippen molar-refractivity contribution in [3.05, 3.63) is 65.0 Å². The molecule has 0 fully saturated rings. The van der Waals surface area contributed by atoms with Crippen LogP contribution in [0.15, 0.2) is 42.6 Å². The molecule has 4 heteroatoms. The van der Waals surface area contributed by atoms with E-state index < -0.39 is 0 Å². The van der Waals surface area contributed by atoms with Crippen molar-refractivity contribution in [2.45, 2.75) is 26.4 Å². The fourth-order valence-corrected chi connectivity index (χ4v) is 2.03. The summed E-state index contributed by atoms with van der Waals surface area (Å²) in [5.41, 5.74) is 9.09. The largest absolute Gasteiger partial charge is 0.346 e. The molecule has 20 heavy (non-hydrogen) atoms. The summed E-state index contributed by atoms with van der Waals surface area (Å²) in [6.07, 6.45) is 1.61. The lowest BCUT2D eigenvalue weighted by atomic mass is 10.1. The molecule has 1 atom stereocenters. The van der Waals surface area contributed by atoms with Crippen molar-refractivity contribution in [2.24, 2.45) is 5.73 Å². The minimum Gasteiger partial charge on any atom is -0.346 e. The van der Waals surface area contributed by atoms with Crippen molar-refractivity contribution < 1.29 is 4.79 Å². The van der Waals surface area contributed by atoms with Crippen LogP contribution in [0, 0.1) is 6.92 Å². The molecule has 0 bridgehead atoms. The van der Waals surface area contributed by atoms with Crippen molar-refractivity contribution in [3.8, 4) is 0 Å². The van der Waals surface area contributed by atoms with Crippen LogP contribution >= 0.6 is 0 Å². The second-order valence-corrected chi connectivity index (χ2v) is 4.85. The first kappa shape index (κ1) is 14.2. The van der Waals surface area contributed by atoms with E-state index in [2.05, 4.69) is 16.4 Å². The Bertz CT molecular complexity index is 610. The predicted molar refractivity (Wildman–Crippen MR) is 79.2 cm³/mol. The van der Waals surface area contributed by atoms with Gasteiger partial charge in [-0.3, -0.25) is 9.78 Å². The molecule has 1 aromatic carbocycles. The summed E-state index contributed by atoms with van der Waals surface area (Å²) in [4.78, 5) is 16.3. The van der Waals surface area contributed by atoms with Gasteiger partial charge in [-0.05, 0) is 31.5 Å². The predicted octanol–water partition coefficient (Wildman–Crippen LogP) is 2.34. The van der Waals surface area contributed by atoms with Crippen molar-refractivity contribution in [1.82, 2.24) is 10.3 Å². The average molecular weight is 269 g/mol. The number of hydrogen-bond acceptors (Lipinski definition) is 3. The highest BCUT2D eigenvalue weighted by Crippen LogP contribution is 2.14. The second kappa shape index (κ2) is 6.30. The van der Waals surface area contributed by atoms with Gasteiger partial charge in [0.25, 0.3) is 5.91 Å². The summed E-state index contributed by atoms with van der Waals surface area (Å²) < 4.78 is 0. The lowest BCUT2D eigenvalue weighted by Gasteiger charge is -2.15. The molecule has 104 valence electrons.